The zero-order valence-electron chi connectivity index (χ0n) is 15.5. The number of guanidine groups is 1. The summed E-state index contributed by atoms with van der Waals surface area (Å²) in [4.78, 5) is 7.27. The number of nitrogens with zero attached hydrogens (tertiary/aromatic N) is 2. The summed E-state index contributed by atoms with van der Waals surface area (Å²) in [5, 5.41) is 3.63. The Morgan fingerprint density at radius 2 is 2.12 bits per heavy atom. The highest BCUT2D eigenvalue weighted by Crippen LogP contribution is 2.34. The summed E-state index contributed by atoms with van der Waals surface area (Å²) >= 11 is 0. The molecule has 6 nitrogen and oxygen atoms in total. The first kappa shape index (κ1) is 19.9. The molecule has 1 atom stereocenters. The van der Waals surface area contributed by atoms with Gasteiger partial charge in [0.15, 0.2) is 11.7 Å². The molecule has 2 aliphatic heterocycles. The third-order valence-corrected chi connectivity index (χ3v) is 5.43. The topological polar surface area (TPSA) is 59.2 Å². The van der Waals surface area contributed by atoms with E-state index >= 15 is 0 Å². The van der Waals surface area contributed by atoms with Gasteiger partial charge in [-0.25, -0.2) is 0 Å². The van der Waals surface area contributed by atoms with Gasteiger partial charge >= 0.3 is 0 Å². The van der Waals surface area contributed by atoms with Gasteiger partial charge in [0.25, 0.3) is 0 Å². The predicted molar refractivity (Wildman–Crippen MR) is 111 cm³/mol. The monoisotopic (exact) mass is 475 g/mol. The second kappa shape index (κ2) is 8.93. The Hall–Kier alpha value is -0.800. The van der Waals surface area contributed by atoms with Crippen LogP contribution in [0.25, 0.3) is 0 Å². The molecule has 1 aliphatic carbocycles. The lowest BCUT2D eigenvalue weighted by Gasteiger charge is -2.41. The first-order chi connectivity index (χ1) is 12.2. The van der Waals surface area contributed by atoms with Crippen LogP contribution in [0.2, 0.25) is 0 Å². The molecule has 4 rings (SSSR count). The molecule has 1 unspecified atom stereocenters. The molecular weight excluding hydrogens is 445 g/mol. The summed E-state index contributed by atoms with van der Waals surface area (Å²) in [6.45, 7) is 6.24. The molecule has 1 aromatic heterocycles. The van der Waals surface area contributed by atoms with Gasteiger partial charge < -0.3 is 24.1 Å². The third-order valence-electron chi connectivity index (χ3n) is 5.43. The molecule has 1 N–H and O–H groups in total. The van der Waals surface area contributed by atoms with E-state index in [4.69, 9.17) is 18.9 Å². The van der Waals surface area contributed by atoms with Gasteiger partial charge in [0.2, 0.25) is 0 Å². The number of hydrogen-bond donors (Lipinski definition) is 1. The van der Waals surface area contributed by atoms with Crippen molar-refractivity contribution in [2.24, 2.45) is 10.9 Å². The molecule has 26 heavy (non-hydrogen) atoms. The minimum atomic E-state index is -0.433. The Balaban J connectivity index is 0.00000196. The highest BCUT2D eigenvalue weighted by molar-refractivity contribution is 14.0. The number of likely N-dealkylation sites (tertiary alicyclic amines) is 1. The number of aliphatic imine (C=N–C) groups is 1. The second-order valence-corrected chi connectivity index (χ2v) is 7.45. The van der Waals surface area contributed by atoms with Crippen LogP contribution < -0.4 is 5.32 Å². The van der Waals surface area contributed by atoms with Crippen molar-refractivity contribution in [2.45, 2.75) is 50.9 Å². The van der Waals surface area contributed by atoms with Crippen LogP contribution in [0.5, 0.6) is 0 Å². The number of ether oxygens (including phenoxy) is 2. The smallest absolute Gasteiger partial charge is 0.194 e. The standard InChI is InChI=1S/C19H29N3O3.HI/c1-19(24-12-13-25-19)15-4-2-10-22(14-15)18(21-16-6-7-16)20-9-8-17-5-3-11-23-17;/h3,5,11,15-16H,2,4,6-10,12-14H2,1H3,(H,20,21);1H. The molecule has 2 saturated heterocycles. The number of rotatable bonds is 5. The Kier molecular flexibility index (Phi) is 6.85. The van der Waals surface area contributed by atoms with Crippen molar-refractivity contribution >= 4 is 29.9 Å². The molecule has 1 aromatic rings. The van der Waals surface area contributed by atoms with Gasteiger partial charge in [-0.2, -0.15) is 0 Å². The third kappa shape index (κ3) is 4.92. The van der Waals surface area contributed by atoms with Gasteiger partial charge in [-0.3, -0.25) is 4.99 Å². The van der Waals surface area contributed by atoms with Gasteiger partial charge in [0, 0.05) is 38.0 Å². The van der Waals surface area contributed by atoms with Crippen LogP contribution in [0.4, 0.5) is 0 Å². The van der Waals surface area contributed by atoms with E-state index in [2.05, 4.69) is 17.1 Å². The van der Waals surface area contributed by atoms with Crippen molar-refractivity contribution in [1.29, 1.82) is 0 Å². The molecule has 7 heteroatoms. The first-order valence-electron chi connectivity index (χ1n) is 9.59. The molecule has 0 radical (unpaired) electrons. The molecule has 0 amide bonds. The Morgan fingerprint density at radius 3 is 2.81 bits per heavy atom. The molecule has 0 spiro atoms. The largest absolute Gasteiger partial charge is 0.469 e. The maximum atomic E-state index is 5.91. The van der Waals surface area contributed by atoms with Crippen LogP contribution in [0.15, 0.2) is 27.8 Å². The highest BCUT2D eigenvalue weighted by Gasteiger charge is 2.42. The van der Waals surface area contributed by atoms with E-state index in [1.54, 1.807) is 6.26 Å². The average Bonchev–Trinajstić information content (AvgIpc) is 3.09. The Labute approximate surface area is 172 Å². The molecule has 3 heterocycles. The molecule has 0 bridgehead atoms. The maximum absolute atomic E-state index is 5.91. The summed E-state index contributed by atoms with van der Waals surface area (Å²) in [6, 6.07) is 4.54. The normalized spacial score (nSPS) is 25.8. The number of nitrogens with one attached hydrogen (secondary N) is 1. The maximum Gasteiger partial charge on any atom is 0.194 e. The van der Waals surface area contributed by atoms with Crippen molar-refractivity contribution in [3.63, 3.8) is 0 Å². The Bertz CT molecular complexity index is 583. The van der Waals surface area contributed by atoms with Crippen LogP contribution in [0.1, 0.15) is 38.4 Å². The molecule has 0 aromatic carbocycles. The summed E-state index contributed by atoms with van der Waals surface area (Å²) in [6.07, 6.45) is 7.35. The van der Waals surface area contributed by atoms with E-state index in [9.17, 15) is 0 Å². The van der Waals surface area contributed by atoms with Crippen LogP contribution >= 0.6 is 24.0 Å². The van der Waals surface area contributed by atoms with Crippen LogP contribution in [0.3, 0.4) is 0 Å². The minimum Gasteiger partial charge on any atom is -0.469 e. The van der Waals surface area contributed by atoms with E-state index < -0.39 is 5.79 Å². The fourth-order valence-corrected chi connectivity index (χ4v) is 3.74. The average molecular weight is 475 g/mol. The lowest BCUT2D eigenvalue weighted by molar-refractivity contribution is -0.189. The Morgan fingerprint density at radius 1 is 1.31 bits per heavy atom. The van der Waals surface area contributed by atoms with Crippen molar-refractivity contribution in [3.05, 3.63) is 24.2 Å². The zero-order valence-corrected chi connectivity index (χ0v) is 17.8. The molecule has 146 valence electrons. The van der Waals surface area contributed by atoms with Crippen LogP contribution in [0, 0.1) is 5.92 Å². The number of piperidine rings is 1. The molecular formula is C19H30IN3O3. The molecule has 3 fully saturated rings. The van der Waals surface area contributed by atoms with Crippen molar-refractivity contribution < 1.29 is 13.9 Å². The lowest BCUT2D eigenvalue weighted by Crippen LogP contribution is -2.52. The van der Waals surface area contributed by atoms with Crippen molar-refractivity contribution in [3.8, 4) is 0 Å². The minimum absolute atomic E-state index is 0. The van der Waals surface area contributed by atoms with Gasteiger partial charge in [0.1, 0.15) is 5.76 Å². The van der Waals surface area contributed by atoms with E-state index in [1.807, 2.05) is 12.1 Å². The SMILES string of the molecule is CC1(C2CCCN(C(=NCCc3ccco3)NC3CC3)C2)OCCO1.I. The van der Waals surface area contributed by atoms with Crippen molar-refractivity contribution in [2.75, 3.05) is 32.8 Å². The molecule has 3 aliphatic rings. The van der Waals surface area contributed by atoms with Gasteiger partial charge in [-0.1, -0.05) is 0 Å². The summed E-state index contributed by atoms with van der Waals surface area (Å²) in [5.41, 5.74) is 0. The summed E-state index contributed by atoms with van der Waals surface area (Å²) in [5.74, 6) is 1.99. The number of hydrogen-bond acceptors (Lipinski definition) is 4. The fourth-order valence-electron chi connectivity index (χ4n) is 3.74. The fraction of sp³-hybridized carbons (Fsp3) is 0.737. The lowest BCUT2D eigenvalue weighted by atomic mass is 9.90. The second-order valence-electron chi connectivity index (χ2n) is 7.45. The van der Waals surface area contributed by atoms with Crippen LogP contribution in [-0.2, 0) is 15.9 Å². The summed E-state index contributed by atoms with van der Waals surface area (Å²) < 4.78 is 17.2. The van der Waals surface area contributed by atoms with E-state index in [0.717, 1.165) is 50.6 Å². The molecule has 1 saturated carbocycles. The van der Waals surface area contributed by atoms with E-state index in [-0.39, 0.29) is 24.0 Å². The van der Waals surface area contributed by atoms with E-state index in [0.29, 0.717) is 25.2 Å². The quantitative estimate of drug-likeness (QED) is 0.403. The van der Waals surface area contributed by atoms with E-state index in [1.165, 1.54) is 12.8 Å². The van der Waals surface area contributed by atoms with Gasteiger partial charge in [-0.05, 0) is 44.7 Å². The highest BCUT2D eigenvalue weighted by atomic mass is 127. The first-order valence-corrected chi connectivity index (χ1v) is 9.59. The van der Waals surface area contributed by atoms with Gasteiger partial charge in [-0.15, -0.1) is 24.0 Å². The van der Waals surface area contributed by atoms with Crippen molar-refractivity contribution in [1.82, 2.24) is 10.2 Å². The zero-order chi connectivity index (χ0) is 17.1. The number of furan rings is 1. The summed E-state index contributed by atoms with van der Waals surface area (Å²) in [7, 11) is 0. The number of halogens is 1. The van der Waals surface area contributed by atoms with Crippen LogP contribution in [-0.4, -0.2) is 55.5 Å². The predicted octanol–water partition coefficient (Wildman–Crippen LogP) is 3.02. The van der Waals surface area contributed by atoms with Gasteiger partial charge in [0.05, 0.1) is 19.5 Å².